The Morgan fingerprint density at radius 3 is 2.56 bits per heavy atom. The first-order chi connectivity index (χ1) is 7.21. The number of hydrazone groups is 1. The first kappa shape index (κ1) is 11.6. The maximum absolute atomic E-state index is 12.2. The van der Waals surface area contributed by atoms with Crippen molar-refractivity contribution in [3.63, 3.8) is 0 Å². The van der Waals surface area contributed by atoms with E-state index in [1.807, 2.05) is 0 Å². The molecule has 1 N–H and O–H groups in total. The van der Waals surface area contributed by atoms with E-state index in [0.717, 1.165) is 12.1 Å². The molecular weight excluding hydrogens is 200 g/mol. The SMILES string of the molecule is CC1(C)CC(=O)C2C(C(C)(C)C)=NNC2C1. The standard InChI is InChI=1S/C13H22N2O/c1-12(2,3)11-10-8(14-15-11)6-13(4,5)7-9(10)16/h8,10,14H,6-7H2,1-5H3. The van der Waals surface area contributed by atoms with Crippen LogP contribution in [0.3, 0.4) is 0 Å². The van der Waals surface area contributed by atoms with Gasteiger partial charge in [0.05, 0.1) is 17.7 Å². The van der Waals surface area contributed by atoms with Crippen LogP contribution in [0.25, 0.3) is 0 Å². The summed E-state index contributed by atoms with van der Waals surface area (Å²) in [5.41, 5.74) is 4.32. The zero-order chi connectivity index (χ0) is 12.1. The van der Waals surface area contributed by atoms with Gasteiger partial charge in [0.1, 0.15) is 5.78 Å². The van der Waals surface area contributed by atoms with Crippen LogP contribution >= 0.6 is 0 Å². The lowest BCUT2D eigenvalue weighted by molar-refractivity contribution is -0.126. The molecular formula is C13H22N2O. The van der Waals surface area contributed by atoms with Crippen molar-refractivity contribution in [1.82, 2.24) is 5.43 Å². The fraction of sp³-hybridized carbons (Fsp3) is 0.846. The first-order valence-corrected chi connectivity index (χ1v) is 6.07. The second-order valence-corrected chi connectivity index (χ2v) is 6.97. The second-order valence-electron chi connectivity index (χ2n) is 6.97. The highest BCUT2D eigenvalue weighted by molar-refractivity contribution is 6.09. The van der Waals surface area contributed by atoms with Gasteiger partial charge in [-0.05, 0) is 11.8 Å². The van der Waals surface area contributed by atoms with Crippen molar-refractivity contribution in [2.75, 3.05) is 0 Å². The molecule has 0 aromatic rings. The lowest BCUT2D eigenvalue weighted by Crippen LogP contribution is -2.47. The second kappa shape index (κ2) is 3.31. The topological polar surface area (TPSA) is 41.5 Å². The van der Waals surface area contributed by atoms with Crippen LogP contribution < -0.4 is 5.43 Å². The number of ketones is 1. The number of carbonyl (C=O) groups excluding carboxylic acids is 1. The molecule has 0 spiro atoms. The number of rotatable bonds is 0. The molecule has 2 rings (SSSR count). The smallest absolute Gasteiger partial charge is 0.144 e. The first-order valence-electron chi connectivity index (χ1n) is 6.07. The molecule has 0 saturated heterocycles. The highest BCUT2D eigenvalue weighted by Crippen LogP contribution is 2.41. The Balaban J connectivity index is 2.25. The van der Waals surface area contributed by atoms with Crippen molar-refractivity contribution in [2.24, 2.45) is 21.8 Å². The Bertz CT molecular complexity index is 349. The van der Waals surface area contributed by atoms with Crippen LogP contribution in [0.2, 0.25) is 0 Å². The van der Waals surface area contributed by atoms with E-state index in [4.69, 9.17) is 0 Å². The molecule has 1 saturated carbocycles. The van der Waals surface area contributed by atoms with E-state index < -0.39 is 0 Å². The predicted molar refractivity (Wildman–Crippen MR) is 65.3 cm³/mol. The highest BCUT2D eigenvalue weighted by Gasteiger charge is 2.48. The number of hydrogen-bond acceptors (Lipinski definition) is 3. The Morgan fingerprint density at radius 2 is 2.00 bits per heavy atom. The van der Waals surface area contributed by atoms with Crippen LogP contribution in [-0.4, -0.2) is 17.5 Å². The molecule has 2 unspecified atom stereocenters. The summed E-state index contributed by atoms with van der Waals surface area (Å²) in [6, 6.07) is 0.227. The van der Waals surface area contributed by atoms with E-state index in [9.17, 15) is 4.79 Å². The van der Waals surface area contributed by atoms with Gasteiger partial charge in [-0.25, -0.2) is 0 Å². The number of nitrogens with one attached hydrogen (secondary N) is 1. The summed E-state index contributed by atoms with van der Waals surface area (Å²) in [5, 5.41) is 4.41. The number of nitrogens with zero attached hydrogens (tertiary/aromatic N) is 1. The Labute approximate surface area is 97.7 Å². The molecule has 0 bridgehead atoms. The van der Waals surface area contributed by atoms with Gasteiger partial charge in [-0.1, -0.05) is 34.6 Å². The summed E-state index contributed by atoms with van der Waals surface area (Å²) in [5.74, 6) is 0.382. The molecule has 1 heterocycles. The van der Waals surface area contributed by atoms with Crippen molar-refractivity contribution < 1.29 is 4.79 Å². The van der Waals surface area contributed by atoms with Gasteiger partial charge >= 0.3 is 0 Å². The summed E-state index contributed by atoms with van der Waals surface area (Å²) >= 11 is 0. The maximum atomic E-state index is 12.2. The monoisotopic (exact) mass is 222 g/mol. The Kier molecular flexibility index (Phi) is 2.41. The maximum Gasteiger partial charge on any atom is 0.144 e. The summed E-state index contributed by atoms with van der Waals surface area (Å²) in [4.78, 5) is 12.2. The number of Topliss-reactive ketones (excluding diaryl/α,β-unsaturated/α-hetero) is 1. The molecule has 16 heavy (non-hydrogen) atoms. The quantitative estimate of drug-likeness (QED) is 0.683. The van der Waals surface area contributed by atoms with Crippen molar-refractivity contribution >= 4 is 11.5 Å². The summed E-state index contributed by atoms with van der Waals surface area (Å²) in [6.45, 7) is 10.7. The molecule has 3 heteroatoms. The average molecular weight is 222 g/mol. The normalized spacial score (nSPS) is 33.1. The van der Waals surface area contributed by atoms with Gasteiger partial charge < -0.3 is 5.43 Å². The lowest BCUT2D eigenvalue weighted by atomic mass is 9.66. The largest absolute Gasteiger partial charge is 0.306 e. The molecule has 1 fully saturated rings. The lowest BCUT2D eigenvalue weighted by Gasteiger charge is -2.37. The van der Waals surface area contributed by atoms with Crippen molar-refractivity contribution in [2.45, 2.75) is 53.5 Å². The molecule has 1 aliphatic heterocycles. The van der Waals surface area contributed by atoms with Gasteiger partial charge in [0, 0.05) is 11.8 Å². The highest BCUT2D eigenvalue weighted by atomic mass is 16.1. The van der Waals surface area contributed by atoms with Crippen molar-refractivity contribution in [1.29, 1.82) is 0 Å². The fourth-order valence-electron chi connectivity index (χ4n) is 2.91. The molecule has 0 amide bonds. The molecule has 90 valence electrons. The summed E-state index contributed by atoms with van der Waals surface area (Å²) < 4.78 is 0. The van der Waals surface area contributed by atoms with Crippen LogP contribution in [0.15, 0.2) is 5.10 Å². The Hall–Kier alpha value is -0.860. The zero-order valence-electron chi connectivity index (χ0n) is 10.9. The van der Waals surface area contributed by atoms with Crippen LogP contribution in [0.4, 0.5) is 0 Å². The van der Waals surface area contributed by atoms with Gasteiger partial charge in [-0.15, -0.1) is 0 Å². The predicted octanol–water partition coefficient (Wildman–Crippen LogP) is 2.37. The van der Waals surface area contributed by atoms with Gasteiger partial charge in [-0.3, -0.25) is 4.79 Å². The molecule has 0 radical (unpaired) electrons. The van der Waals surface area contributed by atoms with Crippen LogP contribution in [0.1, 0.15) is 47.5 Å². The molecule has 3 nitrogen and oxygen atoms in total. The van der Waals surface area contributed by atoms with Crippen molar-refractivity contribution in [3.05, 3.63) is 0 Å². The minimum atomic E-state index is -0.0104. The molecule has 0 aromatic carbocycles. The van der Waals surface area contributed by atoms with E-state index in [2.05, 4.69) is 45.1 Å². The third kappa shape index (κ3) is 1.87. The average Bonchev–Trinajstić information content (AvgIpc) is 2.43. The third-order valence-electron chi connectivity index (χ3n) is 3.59. The minimum absolute atomic E-state index is 0.0104. The van der Waals surface area contributed by atoms with E-state index in [1.54, 1.807) is 0 Å². The molecule has 2 atom stereocenters. The van der Waals surface area contributed by atoms with E-state index >= 15 is 0 Å². The van der Waals surface area contributed by atoms with Crippen LogP contribution in [-0.2, 0) is 4.79 Å². The molecule has 1 aliphatic carbocycles. The molecule has 0 aromatic heterocycles. The summed E-state index contributed by atoms with van der Waals surface area (Å²) in [6.07, 6.45) is 1.72. The Morgan fingerprint density at radius 1 is 1.38 bits per heavy atom. The van der Waals surface area contributed by atoms with E-state index in [-0.39, 0.29) is 22.8 Å². The van der Waals surface area contributed by atoms with Gasteiger partial charge in [0.25, 0.3) is 0 Å². The van der Waals surface area contributed by atoms with Crippen LogP contribution in [0.5, 0.6) is 0 Å². The minimum Gasteiger partial charge on any atom is -0.306 e. The summed E-state index contributed by atoms with van der Waals surface area (Å²) in [7, 11) is 0. The fourth-order valence-corrected chi connectivity index (χ4v) is 2.91. The van der Waals surface area contributed by atoms with Crippen molar-refractivity contribution in [3.8, 4) is 0 Å². The van der Waals surface area contributed by atoms with Gasteiger partial charge in [0.2, 0.25) is 0 Å². The van der Waals surface area contributed by atoms with Gasteiger partial charge in [0.15, 0.2) is 0 Å². The third-order valence-corrected chi connectivity index (χ3v) is 3.59. The van der Waals surface area contributed by atoms with Crippen LogP contribution in [0, 0.1) is 16.7 Å². The zero-order valence-corrected chi connectivity index (χ0v) is 10.9. The van der Waals surface area contributed by atoms with E-state index in [1.165, 1.54) is 0 Å². The number of fused-ring (bicyclic) bond motifs is 1. The van der Waals surface area contributed by atoms with E-state index in [0.29, 0.717) is 12.2 Å². The molecule has 2 aliphatic rings. The number of carbonyl (C=O) groups is 1. The number of hydrogen-bond donors (Lipinski definition) is 1. The van der Waals surface area contributed by atoms with Gasteiger partial charge in [-0.2, -0.15) is 5.10 Å².